The van der Waals surface area contributed by atoms with Crippen LogP contribution in [0.2, 0.25) is 0 Å². The maximum Gasteiger partial charge on any atom is 0.262 e. The van der Waals surface area contributed by atoms with Crippen molar-refractivity contribution >= 4 is 33.2 Å². The zero-order valence-electron chi connectivity index (χ0n) is 17.0. The SMILES string of the molecule is COc1cccc(NC(=O)[C@H]2CCCN(S(=O)(=O)c3ccc4c(c3)NC(=O)CO4)C2)c1. The molecule has 2 aliphatic heterocycles. The summed E-state index contributed by atoms with van der Waals surface area (Å²) in [5, 5.41) is 5.46. The maximum absolute atomic E-state index is 13.2. The van der Waals surface area contributed by atoms with Gasteiger partial charge in [-0.2, -0.15) is 4.31 Å². The first-order valence-electron chi connectivity index (χ1n) is 9.88. The molecule has 1 fully saturated rings. The Kier molecular flexibility index (Phi) is 5.84. The topological polar surface area (TPSA) is 114 Å². The van der Waals surface area contributed by atoms with Gasteiger partial charge in [-0.1, -0.05) is 6.07 Å². The van der Waals surface area contributed by atoms with Crippen LogP contribution in [0.25, 0.3) is 0 Å². The number of fused-ring (bicyclic) bond motifs is 1. The monoisotopic (exact) mass is 445 g/mol. The lowest BCUT2D eigenvalue weighted by Crippen LogP contribution is -2.43. The standard InChI is InChI=1S/C21H23N3O6S/c1-29-16-6-2-5-15(10-16)22-21(26)14-4-3-9-24(12-14)31(27,28)17-7-8-19-18(11-17)23-20(25)13-30-19/h2,5-8,10-11,14H,3-4,9,12-13H2,1H3,(H,22,26)(H,23,25)/t14-/m0/s1. The zero-order valence-corrected chi connectivity index (χ0v) is 17.8. The number of ether oxygens (including phenoxy) is 2. The summed E-state index contributed by atoms with van der Waals surface area (Å²) in [6.45, 7) is 0.304. The van der Waals surface area contributed by atoms with Crippen LogP contribution in [0.3, 0.4) is 0 Å². The van der Waals surface area contributed by atoms with Crippen molar-refractivity contribution in [2.24, 2.45) is 5.92 Å². The van der Waals surface area contributed by atoms with Gasteiger partial charge in [0.05, 0.1) is 23.6 Å². The molecule has 10 heteroatoms. The van der Waals surface area contributed by atoms with Crippen LogP contribution in [-0.2, 0) is 19.6 Å². The third-order valence-electron chi connectivity index (χ3n) is 5.31. The van der Waals surface area contributed by atoms with Crippen molar-refractivity contribution in [3.05, 3.63) is 42.5 Å². The third kappa shape index (κ3) is 4.49. The van der Waals surface area contributed by atoms with Crippen LogP contribution in [0.15, 0.2) is 47.4 Å². The molecule has 2 amide bonds. The van der Waals surface area contributed by atoms with Crippen molar-refractivity contribution in [2.75, 3.05) is 37.4 Å². The maximum atomic E-state index is 13.2. The first-order chi connectivity index (χ1) is 14.9. The van der Waals surface area contributed by atoms with Gasteiger partial charge in [-0.15, -0.1) is 0 Å². The number of hydrogen-bond donors (Lipinski definition) is 2. The molecule has 164 valence electrons. The van der Waals surface area contributed by atoms with Gasteiger partial charge in [-0.25, -0.2) is 8.42 Å². The van der Waals surface area contributed by atoms with Crippen molar-refractivity contribution in [1.29, 1.82) is 0 Å². The Hall–Kier alpha value is -3.11. The molecule has 1 atom stereocenters. The van der Waals surface area contributed by atoms with Crippen LogP contribution in [0.4, 0.5) is 11.4 Å². The first kappa shape index (κ1) is 21.1. The second-order valence-electron chi connectivity index (χ2n) is 7.42. The van der Waals surface area contributed by atoms with Gasteiger partial charge >= 0.3 is 0 Å². The van der Waals surface area contributed by atoms with E-state index in [9.17, 15) is 18.0 Å². The number of anilines is 2. The summed E-state index contributed by atoms with van der Waals surface area (Å²) in [6, 6.07) is 11.4. The van der Waals surface area contributed by atoms with E-state index in [-0.39, 0.29) is 29.9 Å². The molecule has 2 aliphatic rings. The van der Waals surface area contributed by atoms with Gasteiger partial charge in [0, 0.05) is 24.8 Å². The summed E-state index contributed by atoms with van der Waals surface area (Å²) in [5.74, 6) is -0.00851. The summed E-state index contributed by atoms with van der Waals surface area (Å²) in [5.41, 5.74) is 0.913. The molecule has 0 unspecified atom stereocenters. The molecule has 0 spiro atoms. The Morgan fingerprint density at radius 1 is 1.26 bits per heavy atom. The van der Waals surface area contributed by atoms with Crippen LogP contribution < -0.4 is 20.1 Å². The van der Waals surface area contributed by atoms with Crippen LogP contribution in [-0.4, -0.2) is 51.3 Å². The number of piperidine rings is 1. The van der Waals surface area contributed by atoms with E-state index in [1.807, 2.05) is 0 Å². The molecule has 0 aromatic heterocycles. The molecule has 2 heterocycles. The minimum absolute atomic E-state index is 0.0471. The lowest BCUT2D eigenvalue weighted by molar-refractivity contribution is -0.121. The van der Waals surface area contributed by atoms with E-state index in [1.54, 1.807) is 31.4 Å². The summed E-state index contributed by atoms with van der Waals surface area (Å²) < 4.78 is 38.1. The molecule has 31 heavy (non-hydrogen) atoms. The van der Waals surface area contributed by atoms with Gasteiger partial charge in [-0.3, -0.25) is 9.59 Å². The van der Waals surface area contributed by atoms with Crippen molar-refractivity contribution in [1.82, 2.24) is 4.31 Å². The number of carbonyl (C=O) groups excluding carboxylic acids is 2. The summed E-state index contributed by atoms with van der Waals surface area (Å²) in [7, 11) is -2.29. The van der Waals surface area contributed by atoms with Gasteiger partial charge in [0.15, 0.2) is 6.61 Å². The smallest absolute Gasteiger partial charge is 0.262 e. The molecule has 0 aliphatic carbocycles. The largest absolute Gasteiger partial charge is 0.497 e. The molecular formula is C21H23N3O6S. The molecule has 1 saturated heterocycles. The molecule has 0 saturated carbocycles. The van der Waals surface area contributed by atoms with Gasteiger partial charge in [0.1, 0.15) is 11.5 Å². The predicted molar refractivity (Wildman–Crippen MR) is 114 cm³/mol. The van der Waals surface area contributed by atoms with E-state index in [0.717, 1.165) is 0 Å². The molecule has 2 aromatic rings. The highest BCUT2D eigenvalue weighted by molar-refractivity contribution is 7.89. The highest BCUT2D eigenvalue weighted by Crippen LogP contribution is 2.32. The zero-order chi connectivity index (χ0) is 22.0. The second-order valence-corrected chi connectivity index (χ2v) is 9.36. The number of rotatable bonds is 5. The van der Waals surface area contributed by atoms with Gasteiger partial charge in [-0.05, 0) is 43.2 Å². The molecule has 9 nitrogen and oxygen atoms in total. The van der Waals surface area contributed by atoms with E-state index < -0.39 is 15.9 Å². The summed E-state index contributed by atoms with van der Waals surface area (Å²) in [4.78, 5) is 24.4. The molecule has 2 N–H and O–H groups in total. The molecule has 0 radical (unpaired) electrons. The Labute approximate surface area is 180 Å². The molecule has 4 rings (SSSR count). The number of nitrogens with zero attached hydrogens (tertiary/aromatic N) is 1. The quantitative estimate of drug-likeness (QED) is 0.728. The predicted octanol–water partition coefficient (Wildman–Crippen LogP) is 2.07. The van der Waals surface area contributed by atoms with E-state index >= 15 is 0 Å². The highest BCUT2D eigenvalue weighted by Gasteiger charge is 2.34. The Morgan fingerprint density at radius 3 is 2.90 bits per heavy atom. The number of hydrogen-bond acceptors (Lipinski definition) is 6. The van der Waals surface area contributed by atoms with Crippen LogP contribution in [0.5, 0.6) is 11.5 Å². The number of carbonyl (C=O) groups is 2. The van der Waals surface area contributed by atoms with Crippen molar-refractivity contribution in [3.8, 4) is 11.5 Å². The lowest BCUT2D eigenvalue weighted by Gasteiger charge is -2.31. The second kappa shape index (κ2) is 8.56. The number of nitrogens with one attached hydrogen (secondary N) is 2. The fourth-order valence-electron chi connectivity index (χ4n) is 3.69. The Balaban J connectivity index is 1.49. The fourth-order valence-corrected chi connectivity index (χ4v) is 5.24. The van der Waals surface area contributed by atoms with E-state index in [4.69, 9.17) is 9.47 Å². The van der Waals surface area contributed by atoms with Gasteiger partial charge < -0.3 is 20.1 Å². The summed E-state index contributed by atoms with van der Waals surface area (Å²) in [6.07, 6.45) is 1.16. The lowest BCUT2D eigenvalue weighted by atomic mass is 9.98. The highest BCUT2D eigenvalue weighted by atomic mass is 32.2. The average Bonchev–Trinajstić information content (AvgIpc) is 2.78. The van der Waals surface area contributed by atoms with Crippen molar-refractivity contribution < 1.29 is 27.5 Å². The van der Waals surface area contributed by atoms with Crippen LogP contribution in [0.1, 0.15) is 12.8 Å². The molecule has 0 bridgehead atoms. The number of methoxy groups -OCH3 is 1. The minimum atomic E-state index is -3.84. The fraction of sp³-hybridized carbons (Fsp3) is 0.333. The Morgan fingerprint density at radius 2 is 2.10 bits per heavy atom. The first-order valence-corrected chi connectivity index (χ1v) is 11.3. The van der Waals surface area contributed by atoms with Crippen molar-refractivity contribution in [3.63, 3.8) is 0 Å². The molecule has 2 aromatic carbocycles. The van der Waals surface area contributed by atoms with Crippen LogP contribution in [0, 0.1) is 5.92 Å². The van der Waals surface area contributed by atoms with Crippen LogP contribution >= 0.6 is 0 Å². The van der Waals surface area contributed by atoms with Crippen molar-refractivity contribution in [2.45, 2.75) is 17.7 Å². The van der Waals surface area contributed by atoms with E-state index in [1.165, 1.54) is 22.5 Å². The number of benzene rings is 2. The van der Waals surface area contributed by atoms with E-state index in [0.29, 0.717) is 42.3 Å². The van der Waals surface area contributed by atoms with Gasteiger partial charge in [0.2, 0.25) is 15.9 Å². The summed E-state index contributed by atoms with van der Waals surface area (Å²) >= 11 is 0. The van der Waals surface area contributed by atoms with Gasteiger partial charge in [0.25, 0.3) is 5.91 Å². The third-order valence-corrected chi connectivity index (χ3v) is 7.17. The average molecular weight is 445 g/mol. The van der Waals surface area contributed by atoms with E-state index in [2.05, 4.69) is 10.6 Å². The minimum Gasteiger partial charge on any atom is -0.497 e. The number of sulfonamides is 1. The number of amides is 2. The normalized spacial score (nSPS) is 19.0. The molecular weight excluding hydrogens is 422 g/mol. The Bertz CT molecular complexity index is 1120.